The highest BCUT2D eigenvalue weighted by atomic mass is 19.1. The molecule has 2 saturated heterocycles. The number of hydrogen-bond donors (Lipinski definition) is 1. The number of ether oxygens (including phenoxy) is 2. The molecule has 2 heterocycles. The molecule has 0 radical (unpaired) electrons. The second-order valence-electron chi connectivity index (χ2n) is 5.50. The zero-order valence-corrected chi connectivity index (χ0v) is 11.6. The molecule has 5 heteroatoms. The highest BCUT2D eigenvalue weighted by Gasteiger charge is 2.35. The lowest BCUT2D eigenvalue weighted by atomic mass is 10.0. The van der Waals surface area contributed by atoms with Gasteiger partial charge in [0.15, 0.2) is 11.6 Å². The van der Waals surface area contributed by atoms with E-state index in [1.807, 2.05) is 0 Å². The normalized spacial score (nSPS) is 28.1. The number of rotatable bonds is 3. The third-order valence-electron chi connectivity index (χ3n) is 4.29. The molecule has 0 aromatic heterocycles. The van der Waals surface area contributed by atoms with Crippen LogP contribution in [0.2, 0.25) is 0 Å². The Morgan fingerprint density at radius 3 is 3.10 bits per heavy atom. The van der Waals surface area contributed by atoms with Crippen molar-refractivity contribution in [3.63, 3.8) is 0 Å². The quantitative estimate of drug-likeness (QED) is 0.916. The van der Waals surface area contributed by atoms with E-state index >= 15 is 0 Å². The van der Waals surface area contributed by atoms with Crippen LogP contribution in [0.5, 0.6) is 5.75 Å². The van der Waals surface area contributed by atoms with Gasteiger partial charge in [0.25, 0.3) is 0 Å². The maximum Gasteiger partial charge on any atom is 0.165 e. The number of morpholine rings is 1. The van der Waals surface area contributed by atoms with Crippen LogP contribution in [0.1, 0.15) is 24.5 Å². The van der Waals surface area contributed by atoms with Crippen LogP contribution in [0.3, 0.4) is 0 Å². The Morgan fingerprint density at radius 1 is 1.50 bits per heavy atom. The van der Waals surface area contributed by atoms with Gasteiger partial charge in [-0.2, -0.15) is 0 Å². The third-order valence-corrected chi connectivity index (χ3v) is 4.29. The van der Waals surface area contributed by atoms with Crippen LogP contribution in [0.4, 0.5) is 4.39 Å². The highest BCUT2D eigenvalue weighted by molar-refractivity contribution is 5.31. The molecule has 3 unspecified atom stereocenters. The molecule has 2 fully saturated rings. The molecule has 0 aliphatic carbocycles. The van der Waals surface area contributed by atoms with Crippen LogP contribution in [0, 0.1) is 5.82 Å². The maximum absolute atomic E-state index is 13.7. The zero-order valence-electron chi connectivity index (χ0n) is 11.6. The standard InChI is InChI=1S/C15H20FNO3/c1-19-13-5-4-10(7-12(13)16)15(18)14-8-17-6-2-3-11(17)9-20-14/h4-5,7,11,14-15,18H,2-3,6,8-9H2,1H3. The lowest BCUT2D eigenvalue weighted by Gasteiger charge is -2.37. The molecule has 2 aliphatic rings. The second kappa shape index (κ2) is 5.68. The monoisotopic (exact) mass is 281 g/mol. The number of aliphatic hydroxyl groups is 1. The van der Waals surface area contributed by atoms with Gasteiger partial charge in [-0.3, -0.25) is 4.90 Å². The maximum atomic E-state index is 13.7. The summed E-state index contributed by atoms with van der Waals surface area (Å²) in [5, 5.41) is 10.4. The number of hydrogen-bond acceptors (Lipinski definition) is 4. The van der Waals surface area contributed by atoms with Crippen molar-refractivity contribution in [1.29, 1.82) is 0 Å². The van der Waals surface area contributed by atoms with Crippen molar-refractivity contribution in [2.75, 3.05) is 26.8 Å². The summed E-state index contributed by atoms with van der Waals surface area (Å²) in [6.07, 6.45) is 1.25. The molecule has 3 atom stereocenters. The van der Waals surface area contributed by atoms with E-state index in [2.05, 4.69) is 4.90 Å². The van der Waals surface area contributed by atoms with Gasteiger partial charge < -0.3 is 14.6 Å². The van der Waals surface area contributed by atoms with Gasteiger partial charge in [0, 0.05) is 12.6 Å². The molecule has 0 bridgehead atoms. The number of fused-ring (bicyclic) bond motifs is 1. The molecular formula is C15H20FNO3. The van der Waals surface area contributed by atoms with Crippen LogP contribution < -0.4 is 4.74 Å². The minimum absolute atomic E-state index is 0.185. The number of halogens is 1. The van der Waals surface area contributed by atoms with Gasteiger partial charge in [0.1, 0.15) is 12.2 Å². The van der Waals surface area contributed by atoms with Crippen LogP contribution in [-0.4, -0.2) is 49.0 Å². The van der Waals surface area contributed by atoms with Gasteiger partial charge in [-0.05, 0) is 37.1 Å². The molecule has 0 spiro atoms. The first-order valence-corrected chi connectivity index (χ1v) is 7.06. The summed E-state index contributed by atoms with van der Waals surface area (Å²) >= 11 is 0. The summed E-state index contributed by atoms with van der Waals surface area (Å²) in [5.41, 5.74) is 0.533. The van der Waals surface area contributed by atoms with E-state index in [0.717, 1.165) is 6.54 Å². The summed E-state index contributed by atoms with van der Waals surface area (Å²) in [6, 6.07) is 5.04. The number of benzene rings is 1. The Bertz CT molecular complexity index is 482. The molecule has 2 aliphatic heterocycles. The number of nitrogens with zero attached hydrogens (tertiary/aromatic N) is 1. The molecule has 0 saturated carbocycles. The molecular weight excluding hydrogens is 261 g/mol. The van der Waals surface area contributed by atoms with E-state index in [-0.39, 0.29) is 11.9 Å². The predicted octanol–water partition coefficient (Wildman–Crippen LogP) is 1.73. The van der Waals surface area contributed by atoms with Crippen molar-refractivity contribution in [2.24, 2.45) is 0 Å². The smallest absolute Gasteiger partial charge is 0.165 e. The predicted molar refractivity (Wildman–Crippen MR) is 72.2 cm³/mol. The Morgan fingerprint density at radius 2 is 2.35 bits per heavy atom. The summed E-state index contributed by atoms with van der Waals surface area (Å²) in [7, 11) is 1.42. The highest BCUT2D eigenvalue weighted by Crippen LogP contribution is 2.30. The molecule has 1 N–H and O–H groups in total. The van der Waals surface area contributed by atoms with E-state index in [1.165, 1.54) is 32.1 Å². The summed E-state index contributed by atoms with van der Waals surface area (Å²) in [4.78, 5) is 2.36. The Hall–Kier alpha value is -1.17. The van der Waals surface area contributed by atoms with Crippen molar-refractivity contribution < 1.29 is 19.0 Å². The van der Waals surface area contributed by atoms with Crippen LogP contribution >= 0.6 is 0 Å². The van der Waals surface area contributed by atoms with Crippen LogP contribution in [0.25, 0.3) is 0 Å². The number of aliphatic hydroxyl groups excluding tert-OH is 1. The van der Waals surface area contributed by atoms with Crippen LogP contribution in [0.15, 0.2) is 18.2 Å². The van der Waals surface area contributed by atoms with Crippen LogP contribution in [-0.2, 0) is 4.74 Å². The summed E-state index contributed by atoms with van der Waals surface area (Å²) in [5.74, 6) is -0.274. The summed E-state index contributed by atoms with van der Waals surface area (Å²) in [6.45, 7) is 2.42. The molecule has 1 aromatic rings. The molecule has 0 amide bonds. The topological polar surface area (TPSA) is 41.9 Å². The Balaban J connectivity index is 1.72. The minimum Gasteiger partial charge on any atom is -0.494 e. The van der Waals surface area contributed by atoms with Gasteiger partial charge in [0.05, 0.1) is 13.7 Å². The molecule has 20 heavy (non-hydrogen) atoms. The van der Waals surface area contributed by atoms with Gasteiger partial charge in [0.2, 0.25) is 0 Å². The van der Waals surface area contributed by atoms with E-state index in [9.17, 15) is 9.50 Å². The van der Waals surface area contributed by atoms with Crippen molar-refractivity contribution >= 4 is 0 Å². The molecule has 4 nitrogen and oxygen atoms in total. The average molecular weight is 281 g/mol. The lowest BCUT2D eigenvalue weighted by Crippen LogP contribution is -2.48. The second-order valence-corrected chi connectivity index (χ2v) is 5.50. The van der Waals surface area contributed by atoms with Gasteiger partial charge in [-0.1, -0.05) is 6.07 Å². The van der Waals surface area contributed by atoms with Crippen molar-refractivity contribution in [1.82, 2.24) is 4.90 Å². The summed E-state index contributed by atoms with van der Waals surface area (Å²) < 4.78 is 24.4. The zero-order chi connectivity index (χ0) is 14.1. The van der Waals surface area contributed by atoms with E-state index in [4.69, 9.17) is 9.47 Å². The van der Waals surface area contributed by atoms with Gasteiger partial charge >= 0.3 is 0 Å². The Labute approximate surface area is 118 Å². The molecule has 110 valence electrons. The first-order valence-electron chi connectivity index (χ1n) is 7.06. The van der Waals surface area contributed by atoms with Gasteiger partial charge in [-0.25, -0.2) is 4.39 Å². The third kappa shape index (κ3) is 2.53. The fourth-order valence-corrected chi connectivity index (χ4v) is 3.12. The van der Waals surface area contributed by atoms with E-state index < -0.39 is 11.9 Å². The van der Waals surface area contributed by atoms with E-state index in [1.54, 1.807) is 6.07 Å². The van der Waals surface area contributed by atoms with E-state index in [0.29, 0.717) is 24.8 Å². The first-order chi connectivity index (χ1) is 9.69. The SMILES string of the molecule is COc1ccc(C(O)C2CN3CCCC3CO2)cc1F. The first kappa shape index (κ1) is 13.8. The largest absolute Gasteiger partial charge is 0.494 e. The Kier molecular flexibility index (Phi) is 3.92. The van der Waals surface area contributed by atoms with Crippen molar-refractivity contribution in [3.8, 4) is 5.75 Å². The number of methoxy groups -OCH3 is 1. The molecule has 1 aromatic carbocycles. The van der Waals surface area contributed by atoms with Gasteiger partial charge in [-0.15, -0.1) is 0 Å². The average Bonchev–Trinajstić information content (AvgIpc) is 2.93. The minimum atomic E-state index is -0.808. The fraction of sp³-hybridized carbons (Fsp3) is 0.600. The van der Waals surface area contributed by atoms with Crippen molar-refractivity contribution in [2.45, 2.75) is 31.1 Å². The fourth-order valence-electron chi connectivity index (χ4n) is 3.12. The van der Waals surface area contributed by atoms with Crippen molar-refractivity contribution in [3.05, 3.63) is 29.6 Å². The molecule has 3 rings (SSSR count). The lowest BCUT2D eigenvalue weighted by molar-refractivity contribution is -0.103.